The van der Waals surface area contributed by atoms with Gasteiger partial charge in [0.15, 0.2) is 0 Å². The summed E-state index contributed by atoms with van der Waals surface area (Å²) in [4.78, 5) is 43.9. The quantitative estimate of drug-likeness (QED) is 0.230. The van der Waals surface area contributed by atoms with Crippen LogP contribution in [-0.4, -0.2) is 73.3 Å². The normalized spacial score (nSPS) is 16.2. The fourth-order valence-corrected chi connectivity index (χ4v) is 5.28. The number of carbonyl (C=O) groups excluding carboxylic acids is 2. The van der Waals surface area contributed by atoms with Crippen LogP contribution in [0.4, 0.5) is 10.6 Å². The number of hydrogen-bond acceptors (Lipinski definition) is 8. The van der Waals surface area contributed by atoms with Crippen LogP contribution in [0.3, 0.4) is 0 Å². The molecule has 2 aromatic carbocycles. The van der Waals surface area contributed by atoms with E-state index in [4.69, 9.17) is 27.9 Å². The predicted molar refractivity (Wildman–Crippen MR) is 157 cm³/mol. The average Bonchev–Trinajstić information content (AvgIpc) is 3.55. The Kier molecular flexibility index (Phi) is 8.21. The van der Waals surface area contributed by atoms with Gasteiger partial charge in [0.05, 0.1) is 33.7 Å². The minimum Gasteiger partial charge on any atom is -0.444 e. The summed E-state index contributed by atoms with van der Waals surface area (Å²) in [5.74, 6) is 0.691. The van der Waals surface area contributed by atoms with Crippen LogP contribution in [-0.2, 0) is 4.74 Å². The molecule has 2 amide bonds. The van der Waals surface area contributed by atoms with E-state index in [0.29, 0.717) is 45.2 Å². The molecule has 2 aromatic heterocycles. The fraction of sp³-hybridized carbons (Fsp3) is 0.393. The Morgan fingerprint density at radius 3 is 2.76 bits per heavy atom. The number of halogens is 2. The van der Waals surface area contributed by atoms with E-state index in [-0.39, 0.29) is 30.1 Å². The minimum absolute atomic E-state index is 0.187. The zero-order chi connectivity index (χ0) is 29.3. The summed E-state index contributed by atoms with van der Waals surface area (Å²) in [6.45, 7) is 5.94. The van der Waals surface area contributed by atoms with E-state index >= 15 is 0 Å². The molecule has 5 rings (SSSR count). The molecule has 4 aromatic rings. The number of aliphatic hydroxyl groups is 1. The van der Waals surface area contributed by atoms with Gasteiger partial charge in [-0.15, -0.1) is 0 Å². The number of nitrogens with one attached hydrogen (secondary N) is 3. The average molecular weight is 601 g/mol. The molecule has 0 unspecified atom stereocenters. The van der Waals surface area contributed by atoms with E-state index in [0.717, 1.165) is 18.4 Å². The second-order valence-corrected chi connectivity index (χ2v) is 11.8. The SMILES string of the molecule is CC(C)(C)OC(=O)NC[C@H]1CCCN1C(=O)c1cc2ncnc(N[C@@H](CO)c3nc4cc(Cl)ccc4[nH]3)c2cc1Cl. The number of fused-ring (bicyclic) bond motifs is 2. The molecule has 2 atom stereocenters. The molecule has 41 heavy (non-hydrogen) atoms. The van der Waals surface area contributed by atoms with Crippen LogP contribution < -0.4 is 10.6 Å². The number of aromatic amines is 1. The maximum atomic E-state index is 13.6. The monoisotopic (exact) mass is 599 g/mol. The summed E-state index contributed by atoms with van der Waals surface area (Å²) in [6, 6.07) is 7.80. The molecule has 0 aliphatic carbocycles. The van der Waals surface area contributed by atoms with Crippen molar-refractivity contribution in [2.24, 2.45) is 0 Å². The van der Waals surface area contributed by atoms with Gasteiger partial charge >= 0.3 is 6.09 Å². The van der Waals surface area contributed by atoms with Crippen molar-refractivity contribution in [3.8, 4) is 0 Å². The number of H-pyrrole nitrogens is 1. The third-order valence-corrected chi connectivity index (χ3v) is 7.31. The van der Waals surface area contributed by atoms with Crippen LogP contribution in [0, 0.1) is 0 Å². The van der Waals surface area contributed by atoms with E-state index in [2.05, 4.69) is 30.6 Å². The van der Waals surface area contributed by atoms with Gasteiger partial charge in [-0.3, -0.25) is 4.79 Å². The first-order chi connectivity index (χ1) is 19.5. The van der Waals surface area contributed by atoms with E-state index in [1.54, 1.807) is 49.9 Å². The number of aliphatic hydroxyl groups excluding tert-OH is 1. The molecule has 1 saturated heterocycles. The van der Waals surface area contributed by atoms with Gasteiger partial charge in [0.25, 0.3) is 5.91 Å². The van der Waals surface area contributed by atoms with Crippen molar-refractivity contribution in [2.45, 2.75) is 51.3 Å². The Hall–Kier alpha value is -3.67. The van der Waals surface area contributed by atoms with E-state index in [1.165, 1.54) is 6.33 Å². The molecule has 0 radical (unpaired) electrons. The Balaban J connectivity index is 1.35. The molecule has 3 heterocycles. The lowest BCUT2D eigenvalue weighted by molar-refractivity contribution is 0.0501. The molecular formula is C28H31Cl2N7O4. The van der Waals surface area contributed by atoms with Crippen LogP contribution in [0.5, 0.6) is 0 Å². The van der Waals surface area contributed by atoms with Gasteiger partial charge < -0.3 is 30.4 Å². The third-order valence-electron chi connectivity index (χ3n) is 6.76. The van der Waals surface area contributed by atoms with Gasteiger partial charge in [-0.2, -0.15) is 0 Å². The highest BCUT2D eigenvalue weighted by Crippen LogP contribution is 2.31. The maximum Gasteiger partial charge on any atom is 0.407 e. The number of hydrogen-bond donors (Lipinski definition) is 4. The number of nitrogens with zero attached hydrogens (tertiary/aromatic N) is 4. The number of benzene rings is 2. The molecule has 1 fully saturated rings. The van der Waals surface area contributed by atoms with Crippen molar-refractivity contribution < 1.29 is 19.4 Å². The molecule has 0 saturated carbocycles. The van der Waals surface area contributed by atoms with Gasteiger partial charge in [0.1, 0.15) is 29.6 Å². The van der Waals surface area contributed by atoms with Crippen molar-refractivity contribution in [2.75, 3.05) is 25.0 Å². The number of anilines is 1. The summed E-state index contributed by atoms with van der Waals surface area (Å²) in [5.41, 5.74) is 1.66. The van der Waals surface area contributed by atoms with Crippen molar-refractivity contribution >= 4 is 63.0 Å². The Bertz CT molecular complexity index is 1600. The molecule has 0 bridgehead atoms. The second-order valence-electron chi connectivity index (χ2n) is 10.9. The number of aromatic nitrogens is 4. The van der Waals surface area contributed by atoms with E-state index in [9.17, 15) is 14.7 Å². The summed E-state index contributed by atoms with van der Waals surface area (Å²) in [5, 5.41) is 17.5. The van der Waals surface area contributed by atoms with Crippen molar-refractivity contribution in [1.82, 2.24) is 30.2 Å². The number of alkyl carbamates (subject to hydrolysis) is 1. The number of likely N-dealkylation sites (tertiary alicyclic amines) is 1. The first-order valence-electron chi connectivity index (χ1n) is 13.3. The fourth-order valence-electron chi connectivity index (χ4n) is 4.87. The highest BCUT2D eigenvalue weighted by Gasteiger charge is 2.31. The van der Waals surface area contributed by atoms with Gasteiger partial charge in [0.2, 0.25) is 0 Å². The zero-order valence-corrected chi connectivity index (χ0v) is 24.4. The third kappa shape index (κ3) is 6.47. The molecule has 4 N–H and O–H groups in total. The number of carbonyl (C=O) groups is 2. The second kappa shape index (κ2) is 11.7. The Morgan fingerprint density at radius 1 is 1.20 bits per heavy atom. The van der Waals surface area contributed by atoms with E-state index < -0.39 is 17.7 Å². The lowest BCUT2D eigenvalue weighted by Gasteiger charge is -2.26. The molecule has 216 valence electrons. The molecule has 1 aliphatic heterocycles. The minimum atomic E-state index is -0.610. The smallest absolute Gasteiger partial charge is 0.407 e. The Morgan fingerprint density at radius 2 is 2.00 bits per heavy atom. The van der Waals surface area contributed by atoms with Gasteiger partial charge in [0, 0.05) is 29.5 Å². The number of amides is 2. The predicted octanol–water partition coefficient (Wildman–Crippen LogP) is 5.09. The van der Waals surface area contributed by atoms with Crippen LogP contribution in [0.25, 0.3) is 21.9 Å². The Labute approximate surface area is 246 Å². The lowest BCUT2D eigenvalue weighted by atomic mass is 10.1. The summed E-state index contributed by atoms with van der Waals surface area (Å²) in [6.07, 6.45) is 2.41. The summed E-state index contributed by atoms with van der Waals surface area (Å²) < 4.78 is 5.32. The molecule has 1 aliphatic rings. The molecule has 13 heteroatoms. The number of rotatable bonds is 7. The first-order valence-corrected chi connectivity index (χ1v) is 14.0. The number of ether oxygens (including phenoxy) is 1. The number of imidazole rings is 1. The summed E-state index contributed by atoms with van der Waals surface area (Å²) >= 11 is 12.7. The van der Waals surface area contributed by atoms with Gasteiger partial charge in [-0.1, -0.05) is 23.2 Å². The largest absolute Gasteiger partial charge is 0.444 e. The van der Waals surface area contributed by atoms with Crippen molar-refractivity contribution in [1.29, 1.82) is 0 Å². The van der Waals surface area contributed by atoms with Crippen LogP contribution in [0.15, 0.2) is 36.7 Å². The zero-order valence-electron chi connectivity index (χ0n) is 22.9. The van der Waals surface area contributed by atoms with Crippen LogP contribution in [0.2, 0.25) is 10.0 Å². The van der Waals surface area contributed by atoms with E-state index in [1.807, 2.05) is 6.07 Å². The van der Waals surface area contributed by atoms with Gasteiger partial charge in [-0.05, 0) is 63.9 Å². The summed E-state index contributed by atoms with van der Waals surface area (Å²) in [7, 11) is 0. The topological polar surface area (TPSA) is 145 Å². The highest BCUT2D eigenvalue weighted by molar-refractivity contribution is 6.35. The molecular weight excluding hydrogens is 569 g/mol. The van der Waals surface area contributed by atoms with Crippen LogP contribution in [0.1, 0.15) is 55.8 Å². The first kappa shape index (κ1) is 28.8. The molecule has 11 nitrogen and oxygen atoms in total. The molecule has 0 spiro atoms. The van der Waals surface area contributed by atoms with Crippen LogP contribution >= 0.6 is 23.2 Å². The van der Waals surface area contributed by atoms with Gasteiger partial charge in [-0.25, -0.2) is 19.7 Å². The highest BCUT2D eigenvalue weighted by atomic mass is 35.5. The lowest BCUT2D eigenvalue weighted by Crippen LogP contribution is -2.44. The maximum absolute atomic E-state index is 13.6. The standard InChI is InChI=1S/C28H31Cl2N7O4/c1-28(2,3)41-27(40)31-12-16-5-4-8-37(16)26(39)17-11-21-18(10-19(17)30)24(33-14-32-21)36-23(13-38)25-34-20-7-6-15(29)9-22(20)35-25/h6-7,9-11,14,16,23,38H,4-5,8,12-13H2,1-3H3,(H,31,40)(H,34,35)(H,32,33,36)/t16-,23+/m1/s1. The van der Waals surface area contributed by atoms with Crippen molar-refractivity contribution in [3.63, 3.8) is 0 Å². The van der Waals surface area contributed by atoms with Crippen molar-refractivity contribution in [3.05, 3.63) is 58.1 Å².